The smallest absolute Gasteiger partial charge is 0.319 e. The summed E-state index contributed by atoms with van der Waals surface area (Å²) in [5.41, 5.74) is 0.0485. The maximum atomic E-state index is 17.0. The number of nitrogens with zero attached hydrogens (tertiary/aromatic N) is 6. The highest BCUT2D eigenvalue weighted by Crippen LogP contribution is 2.41. The van der Waals surface area contributed by atoms with Crippen molar-refractivity contribution in [2.45, 2.75) is 57.0 Å². The lowest BCUT2D eigenvalue weighted by atomic mass is 9.83. The second-order valence-corrected chi connectivity index (χ2v) is 13.7. The van der Waals surface area contributed by atoms with Crippen molar-refractivity contribution in [1.29, 1.82) is 5.26 Å². The molecule has 2 aromatic heterocycles. The molecule has 0 bridgehead atoms. The fourth-order valence-corrected chi connectivity index (χ4v) is 7.99. The largest absolute Gasteiger partial charge is 0.508 e. The van der Waals surface area contributed by atoms with Crippen molar-refractivity contribution in [3.63, 3.8) is 0 Å². The molecule has 11 heteroatoms. The third-order valence-corrected chi connectivity index (χ3v) is 10.5. The van der Waals surface area contributed by atoms with Crippen molar-refractivity contribution in [1.82, 2.24) is 25.2 Å². The number of terminal acetylenes is 1. The fourth-order valence-electron chi connectivity index (χ4n) is 7.99. The number of carbonyl (C=O) groups is 1. The second kappa shape index (κ2) is 12.6. The number of phenolic OH excluding ortho intramolecular Hbond substituents is 1. The number of rotatable bonds is 7. The van der Waals surface area contributed by atoms with Gasteiger partial charge < -0.3 is 20.1 Å². The zero-order valence-corrected chi connectivity index (χ0v) is 27.5. The normalized spacial score (nSPS) is 21.9. The van der Waals surface area contributed by atoms with Gasteiger partial charge in [-0.05, 0) is 88.2 Å². The van der Waals surface area contributed by atoms with Gasteiger partial charge in [0.25, 0.3) is 0 Å². The molecule has 2 atom stereocenters. The summed E-state index contributed by atoms with van der Waals surface area (Å²) in [5, 5.41) is 25.2. The Morgan fingerprint density at radius 3 is 2.78 bits per heavy atom. The van der Waals surface area contributed by atoms with Crippen LogP contribution < -0.4 is 15.0 Å². The fraction of sp³-hybridized carbons (Fsp3) is 0.395. The van der Waals surface area contributed by atoms with Gasteiger partial charge in [0.15, 0.2) is 5.82 Å². The molecular weight excluding hydrogens is 621 g/mol. The highest BCUT2D eigenvalue weighted by molar-refractivity contribution is 6.02. The number of amides is 1. The Morgan fingerprint density at radius 2 is 2.04 bits per heavy atom. The molecule has 0 radical (unpaired) electrons. The first kappa shape index (κ1) is 32.3. The van der Waals surface area contributed by atoms with Crippen LogP contribution in [0.15, 0.2) is 49.2 Å². The van der Waals surface area contributed by atoms with Gasteiger partial charge in [-0.2, -0.15) is 15.2 Å². The van der Waals surface area contributed by atoms with Crippen LogP contribution in [0, 0.1) is 34.9 Å². The van der Waals surface area contributed by atoms with Crippen LogP contribution in [0.25, 0.3) is 32.9 Å². The molecule has 4 aromatic rings. The maximum Gasteiger partial charge on any atom is 0.319 e. The van der Waals surface area contributed by atoms with Gasteiger partial charge in [0.1, 0.15) is 29.4 Å². The first-order valence-corrected chi connectivity index (χ1v) is 16.7. The highest BCUT2D eigenvalue weighted by atomic mass is 19.1. The molecule has 10 nitrogen and oxygen atoms in total. The van der Waals surface area contributed by atoms with Gasteiger partial charge >= 0.3 is 6.01 Å². The lowest BCUT2D eigenvalue weighted by Gasteiger charge is -2.31. The number of hydrogen-bond donors (Lipinski definition) is 2. The number of nitriles is 1. The van der Waals surface area contributed by atoms with Crippen LogP contribution in [0.2, 0.25) is 0 Å². The third-order valence-electron chi connectivity index (χ3n) is 10.5. The number of phenols is 1. The molecule has 49 heavy (non-hydrogen) atoms. The molecule has 1 amide bonds. The molecule has 3 fully saturated rings. The summed E-state index contributed by atoms with van der Waals surface area (Å²) in [6.07, 6.45) is 13.7. The lowest BCUT2D eigenvalue weighted by Crippen LogP contribution is -2.44. The minimum Gasteiger partial charge on any atom is -0.508 e. The molecule has 0 unspecified atom stereocenters. The average Bonchev–Trinajstić information content (AvgIpc) is 3.64. The predicted octanol–water partition coefficient (Wildman–Crippen LogP) is 5.48. The van der Waals surface area contributed by atoms with Crippen LogP contribution in [-0.2, 0) is 4.79 Å². The summed E-state index contributed by atoms with van der Waals surface area (Å²) in [5.74, 6) is 1.96. The van der Waals surface area contributed by atoms with Crippen LogP contribution in [0.5, 0.6) is 11.8 Å². The Kier molecular flexibility index (Phi) is 8.33. The van der Waals surface area contributed by atoms with Crippen molar-refractivity contribution in [3.05, 3.63) is 60.6 Å². The molecule has 0 saturated carbocycles. The number of halogens is 1. The number of hydrogen-bond acceptors (Lipinski definition) is 9. The summed E-state index contributed by atoms with van der Waals surface area (Å²) in [6.45, 7) is 8.62. The minimum atomic E-state index is -0.717. The summed E-state index contributed by atoms with van der Waals surface area (Å²) in [4.78, 5) is 30.9. The zero-order chi connectivity index (χ0) is 34.3. The molecule has 2 aromatic carbocycles. The van der Waals surface area contributed by atoms with Crippen molar-refractivity contribution in [2.75, 3.05) is 37.7 Å². The van der Waals surface area contributed by atoms with Gasteiger partial charge in [-0.25, -0.2) is 4.39 Å². The topological polar surface area (TPSA) is 128 Å². The molecule has 3 aliphatic rings. The summed E-state index contributed by atoms with van der Waals surface area (Å²) in [7, 11) is 0. The Morgan fingerprint density at radius 1 is 1.24 bits per heavy atom. The van der Waals surface area contributed by atoms with Crippen LogP contribution in [0.1, 0.15) is 51.0 Å². The van der Waals surface area contributed by atoms with Crippen LogP contribution in [0.3, 0.4) is 0 Å². The van der Waals surface area contributed by atoms with E-state index in [0.29, 0.717) is 65.6 Å². The number of carbonyl (C=O) groups excluding carboxylic acids is 1. The van der Waals surface area contributed by atoms with Gasteiger partial charge in [-0.3, -0.25) is 14.7 Å². The number of nitrogens with one attached hydrogen (secondary N) is 1. The van der Waals surface area contributed by atoms with Crippen molar-refractivity contribution < 1.29 is 19.0 Å². The van der Waals surface area contributed by atoms with Gasteiger partial charge in [0, 0.05) is 41.8 Å². The van der Waals surface area contributed by atoms with E-state index in [9.17, 15) is 15.2 Å². The first-order valence-electron chi connectivity index (χ1n) is 16.7. The third kappa shape index (κ3) is 5.89. The Balaban J connectivity index is 1.38. The summed E-state index contributed by atoms with van der Waals surface area (Å²) in [6, 6.07) is 10.4. The van der Waals surface area contributed by atoms with E-state index in [1.54, 1.807) is 24.3 Å². The quantitative estimate of drug-likeness (QED) is 0.196. The number of benzene rings is 2. The van der Waals surface area contributed by atoms with Crippen molar-refractivity contribution in [3.8, 4) is 41.4 Å². The van der Waals surface area contributed by atoms with E-state index in [4.69, 9.17) is 16.1 Å². The standard InChI is InChI=1S/C38H38FN7O3/c1-4-24-9-6-10-25-17-27(47)18-28(31(24)25)33-32(39)34-29(20-41-33)35(44-36(43-34)49-23-38-11-7-14-46(38)15-8-12-38)45-16-13-37(3,22-40)19-26(21-45)42-30(48)5-2/h1,5-6,9-10,17-18,20,26,47H,2,7-8,11-16,19,21,23H2,3H3,(H,42,48)/t26-,37+/m0/s1. The van der Waals surface area contributed by atoms with E-state index in [2.05, 4.69) is 38.8 Å². The molecule has 3 saturated heterocycles. The van der Waals surface area contributed by atoms with Crippen molar-refractivity contribution >= 4 is 33.4 Å². The number of fused-ring (bicyclic) bond motifs is 3. The monoisotopic (exact) mass is 659 g/mol. The lowest BCUT2D eigenvalue weighted by molar-refractivity contribution is -0.117. The number of pyridine rings is 1. The molecular formula is C38H38FN7O3. The number of aromatic nitrogens is 3. The Hall–Kier alpha value is -5.26. The molecule has 7 rings (SSSR count). The molecule has 0 aliphatic carbocycles. The molecule has 3 aliphatic heterocycles. The number of anilines is 1. The number of ether oxygens (including phenoxy) is 1. The highest BCUT2D eigenvalue weighted by Gasteiger charge is 2.45. The van der Waals surface area contributed by atoms with Gasteiger partial charge in [-0.1, -0.05) is 24.6 Å². The van der Waals surface area contributed by atoms with Gasteiger partial charge in [0.2, 0.25) is 5.91 Å². The van der Waals surface area contributed by atoms with E-state index in [-0.39, 0.29) is 34.4 Å². The van der Waals surface area contributed by atoms with E-state index in [1.807, 2.05) is 11.8 Å². The van der Waals surface area contributed by atoms with E-state index in [0.717, 1.165) is 38.8 Å². The van der Waals surface area contributed by atoms with Crippen LogP contribution in [0.4, 0.5) is 10.2 Å². The SMILES string of the molecule is C#Cc1cccc2cc(O)cc(-c3ncc4c(N5CC[C@@](C)(C#N)C[C@H](NC(=O)C=C)C5)nc(OCC56CCCN5CCC6)nc4c3F)c12. The second-order valence-electron chi connectivity index (χ2n) is 13.7. The Bertz CT molecular complexity index is 2060. The van der Waals surface area contributed by atoms with Gasteiger partial charge in [0.05, 0.1) is 22.4 Å². The van der Waals surface area contributed by atoms with Crippen LogP contribution >= 0.6 is 0 Å². The summed E-state index contributed by atoms with van der Waals surface area (Å²) < 4.78 is 23.4. The zero-order valence-electron chi connectivity index (χ0n) is 27.5. The maximum absolute atomic E-state index is 17.0. The molecule has 5 heterocycles. The summed E-state index contributed by atoms with van der Waals surface area (Å²) >= 11 is 0. The van der Waals surface area contributed by atoms with E-state index >= 15 is 4.39 Å². The average molecular weight is 660 g/mol. The van der Waals surface area contributed by atoms with Crippen LogP contribution in [-0.4, -0.2) is 75.2 Å². The van der Waals surface area contributed by atoms with E-state index in [1.165, 1.54) is 18.3 Å². The molecule has 0 spiro atoms. The predicted molar refractivity (Wildman–Crippen MR) is 185 cm³/mol. The minimum absolute atomic E-state index is 0.00542. The molecule has 250 valence electrons. The van der Waals surface area contributed by atoms with Gasteiger partial charge in [-0.15, -0.1) is 6.42 Å². The number of aromatic hydroxyl groups is 1. The van der Waals surface area contributed by atoms with Crippen molar-refractivity contribution in [2.24, 2.45) is 5.41 Å². The molecule has 2 N–H and O–H groups in total. The van der Waals surface area contributed by atoms with E-state index < -0.39 is 17.3 Å². The Labute approximate surface area is 284 Å². The first-order chi connectivity index (χ1) is 23.7.